The van der Waals surface area contributed by atoms with Crippen LogP contribution in [0, 0.1) is 5.21 Å². The van der Waals surface area contributed by atoms with Gasteiger partial charge in [-0.05, 0) is 6.92 Å². The van der Waals surface area contributed by atoms with Gasteiger partial charge in [0.15, 0.2) is 0 Å². The lowest BCUT2D eigenvalue weighted by Gasteiger charge is -2.15. The number of rotatable bonds is 2. The van der Waals surface area contributed by atoms with Crippen LogP contribution in [0.5, 0.6) is 0 Å². The molecular weight excluding hydrogens is 86.0 g/mol. The lowest BCUT2D eigenvalue weighted by Crippen LogP contribution is -2.09. The van der Waals surface area contributed by atoms with Gasteiger partial charge < -0.3 is 10.4 Å². The summed E-state index contributed by atoms with van der Waals surface area (Å²) >= 11 is 0. The molecule has 38 valence electrons. The van der Waals surface area contributed by atoms with Crippen molar-refractivity contribution >= 4 is 0 Å². The SMILES string of the molecule is CCON([O-])O. The maximum absolute atomic E-state index is 9.29. The van der Waals surface area contributed by atoms with E-state index < -0.39 is 5.39 Å². The third kappa shape index (κ3) is 3.84. The summed E-state index contributed by atoms with van der Waals surface area (Å²) in [5, 5.41) is 16.3. The molecule has 0 atom stereocenters. The van der Waals surface area contributed by atoms with Gasteiger partial charge >= 0.3 is 0 Å². The van der Waals surface area contributed by atoms with Gasteiger partial charge in [-0.1, -0.05) is 0 Å². The largest absolute Gasteiger partial charge is 0.738 e. The molecule has 4 nitrogen and oxygen atoms in total. The monoisotopic (exact) mass is 92.0 g/mol. The van der Waals surface area contributed by atoms with Crippen LogP contribution in [0.4, 0.5) is 0 Å². The molecule has 0 spiro atoms. The fraction of sp³-hybridized carbons (Fsp3) is 1.00. The van der Waals surface area contributed by atoms with Crippen molar-refractivity contribution in [3.63, 3.8) is 0 Å². The fourth-order valence-corrected chi connectivity index (χ4v) is 0.110. The summed E-state index contributed by atoms with van der Waals surface area (Å²) in [7, 11) is 0. The van der Waals surface area contributed by atoms with E-state index in [0.29, 0.717) is 0 Å². The highest BCUT2D eigenvalue weighted by Gasteiger charge is 1.71. The number of hydrogen-bond donors (Lipinski definition) is 1. The van der Waals surface area contributed by atoms with Gasteiger partial charge in [-0.2, -0.15) is 0 Å². The first-order chi connectivity index (χ1) is 2.77. The molecule has 0 aromatic carbocycles. The normalized spacial score (nSPS) is 10.0. The first-order valence-corrected chi connectivity index (χ1v) is 1.56. The highest BCUT2D eigenvalue weighted by atomic mass is 17.1. The highest BCUT2D eigenvalue weighted by molar-refractivity contribution is 4.11. The maximum atomic E-state index is 9.29. The molecule has 0 radical (unpaired) electrons. The molecule has 4 heteroatoms. The summed E-state index contributed by atoms with van der Waals surface area (Å²) in [6, 6.07) is 0. The van der Waals surface area contributed by atoms with Crippen LogP contribution in [0.3, 0.4) is 0 Å². The minimum absolute atomic E-state index is 0.194. The third-order valence-corrected chi connectivity index (χ3v) is 0.240. The van der Waals surface area contributed by atoms with E-state index >= 15 is 0 Å². The van der Waals surface area contributed by atoms with Crippen molar-refractivity contribution in [2.45, 2.75) is 6.92 Å². The Kier molecular flexibility index (Phi) is 2.97. The molecule has 0 saturated carbocycles. The van der Waals surface area contributed by atoms with E-state index in [1.807, 2.05) is 0 Å². The zero-order valence-corrected chi connectivity index (χ0v) is 3.42. The van der Waals surface area contributed by atoms with Gasteiger partial charge in [-0.3, -0.25) is 4.84 Å². The molecule has 0 amide bonds. The Bertz CT molecular complexity index is 30.0. The second-order valence-corrected chi connectivity index (χ2v) is 0.656. The van der Waals surface area contributed by atoms with Gasteiger partial charge in [0, 0.05) is 0 Å². The lowest BCUT2D eigenvalue weighted by molar-refractivity contribution is -0.302. The van der Waals surface area contributed by atoms with E-state index in [1.54, 1.807) is 6.92 Å². The molecule has 0 rings (SSSR count). The van der Waals surface area contributed by atoms with Crippen molar-refractivity contribution < 1.29 is 10.0 Å². The van der Waals surface area contributed by atoms with E-state index in [2.05, 4.69) is 4.84 Å². The minimum atomic E-state index is -0.569. The van der Waals surface area contributed by atoms with Gasteiger partial charge in [-0.25, -0.2) is 0 Å². The standard InChI is InChI=1S/C2H6NO3/c1-2-6-3(4)5/h4H,2H2,1H3/q-1. The Morgan fingerprint density at radius 1 is 2.00 bits per heavy atom. The van der Waals surface area contributed by atoms with Gasteiger partial charge in [0.2, 0.25) is 0 Å². The molecule has 0 aliphatic rings. The predicted octanol–water partition coefficient (Wildman–Crippen LogP) is 0.127. The van der Waals surface area contributed by atoms with Crippen LogP contribution in [0.15, 0.2) is 0 Å². The number of nitrogens with zero attached hydrogens (tertiary/aromatic N) is 1. The van der Waals surface area contributed by atoms with Crippen LogP contribution in [0.1, 0.15) is 6.92 Å². The predicted molar refractivity (Wildman–Crippen MR) is 18.6 cm³/mol. The Hall–Kier alpha value is -0.160. The van der Waals surface area contributed by atoms with Crippen LogP contribution in [0.25, 0.3) is 0 Å². The van der Waals surface area contributed by atoms with Crippen molar-refractivity contribution in [2.24, 2.45) is 0 Å². The molecule has 0 unspecified atom stereocenters. The first kappa shape index (κ1) is 5.84. The van der Waals surface area contributed by atoms with E-state index in [1.165, 1.54) is 0 Å². The van der Waals surface area contributed by atoms with Crippen LogP contribution >= 0.6 is 0 Å². The maximum Gasteiger partial charge on any atom is 0.0671 e. The summed E-state index contributed by atoms with van der Waals surface area (Å²) in [6.45, 7) is 1.79. The molecule has 0 aromatic rings. The molecule has 0 aliphatic carbocycles. The Morgan fingerprint density at radius 3 is 2.50 bits per heavy atom. The Balaban J connectivity index is 2.63. The molecule has 1 N–H and O–H groups in total. The second kappa shape index (κ2) is 3.05. The van der Waals surface area contributed by atoms with Crippen molar-refractivity contribution in [1.82, 2.24) is 5.39 Å². The zero-order valence-electron chi connectivity index (χ0n) is 3.42. The fourth-order valence-electron chi connectivity index (χ4n) is 0.110. The highest BCUT2D eigenvalue weighted by Crippen LogP contribution is 1.73. The van der Waals surface area contributed by atoms with Gasteiger partial charge in [0.25, 0.3) is 0 Å². The summed E-state index contributed by atoms with van der Waals surface area (Å²) in [5.41, 5.74) is 0. The van der Waals surface area contributed by atoms with Crippen molar-refractivity contribution in [3.05, 3.63) is 5.21 Å². The summed E-state index contributed by atoms with van der Waals surface area (Å²) in [5.74, 6) is 0. The van der Waals surface area contributed by atoms with Gasteiger partial charge in [-0.15, -0.1) is 5.39 Å². The third-order valence-electron chi connectivity index (χ3n) is 0.240. The van der Waals surface area contributed by atoms with Crippen molar-refractivity contribution in [2.75, 3.05) is 6.61 Å². The Labute approximate surface area is 35.4 Å². The molecule has 0 fully saturated rings. The topological polar surface area (TPSA) is 55.8 Å². The zero-order chi connectivity index (χ0) is 4.99. The van der Waals surface area contributed by atoms with E-state index in [-0.39, 0.29) is 6.61 Å². The number of hydrogen-bond acceptors (Lipinski definition) is 4. The van der Waals surface area contributed by atoms with Crippen molar-refractivity contribution in [1.29, 1.82) is 0 Å². The molecule has 0 bridgehead atoms. The molecule has 0 saturated heterocycles. The van der Waals surface area contributed by atoms with E-state index in [0.717, 1.165) is 0 Å². The quantitative estimate of drug-likeness (QED) is 0.492. The van der Waals surface area contributed by atoms with E-state index in [4.69, 9.17) is 5.21 Å². The molecule has 0 aliphatic heterocycles. The van der Waals surface area contributed by atoms with Crippen LogP contribution in [-0.2, 0) is 4.84 Å². The van der Waals surface area contributed by atoms with Crippen LogP contribution in [-0.4, -0.2) is 17.2 Å². The molecule has 6 heavy (non-hydrogen) atoms. The second-order valence-electron chi connectivity index (χ2n) is 0.656. The van der Waals surface area contributed by atoms with E-state index in [9.17, 15) is 5.21 Å². The lowest BCUT2D eigenvalue weighted by atomic mass is 10.9. The average Bonchev–Trinajstić information content (AvgIpc) is 1.35. The molecular formula is C2H6NO3-. The van der Waals surface area contributed by atoms with Crippen molar-refractivity contribution in [3.8, 4) is 0 Å². The van der Waals surface area contributed by atoms with Crippen LogP contribution < -0.4 is 0 Å². The van der Waals surface area contributed by atoms with Gasteiger partial charge in [0.05, 0.1) is 6.61 Å². The average molecular weight is 92.1 g/mol. The smallest absolute Gasteiger partial charge is 0.0671 e. The van der Waals surface area contributed by atoms with Gasteiger partial charge in [0.1, 0.15) is 0 Å². The molecule has 0 aromatic heterocycles. The Morgan fingerprint density at radius 2 is 2.50 bits per heavy atom. The van der Waals surface area contributed by atoms with Crippen LogP contribution in [0.2, 0.25) is 0 Å². The molecule has 0 heterocycles. The summed E-state index contributed by atoms with van der Waals surface area (Å²) < 4.78 is 0. The first-order valence-electron chi connectivity index (χ1n) is 1.56. The summed E-state index contributed by atoms with van der Waals surface area (Å²) in [4.78, 5) is 3.88. The minimum Gasteiger partial charge on any atom is -0.738 e. The summed E-state index contributed by atoms with van der Waals surface area (Å²) in [6.07, 6.45) is 0.